The molecule has 13 heteroatoms. The summed E-state index contributed by atoms with van der Waals surface area (Å²) in [5.74, 6) is 1.20. The lowest BCUT2D eigenvalue weighted by molar-refractivity contribution is 0.0899. The van der Waals surface area contributed by atoms with Crippen LogP contribution in [0.1, 0.15) is 30.8 Å². The molecule has 0 aliphatic carbocycles. The minimum absolute atomic E-state index is 0.126. The SMILES string of the molecule is Cc1ccn2nc(C(C)Nc3ncnc4c3c(-c3cnn(CCCN(C)C)c3)cn4COCC[Si](C)(C)C)n(-c3ccccc3)c(=O)c12. The van der Waals surface area contributed by atoms with E-state index in [0.29, 0.717) is 30.5 Å². The van der Waals surface area contributed by atoms with Gasteiger partial charge in [0.2, 0.25) is 0 Å². The van der Waals surface area contributed by atoms with Gasteiger partial charge in [-0.3, -0.25) is 14.0 Å². The van der Waals surface area contributed by atoms with Gasteiger partial charge in [-0.2, -0.15) is 10.2 Å². The first-order valence-corrected chi connectivity index (χ1v) is 20.2. The Morgan fingerprint density at radius 1 is 1.06 bits per heavy atom. The second-order valence-corrected chi connectivity index (χ2v) is 19.5. The molecule has 0 spiro atoms. The van der Waals surface area contributed by atoms with Crippen LogP contribution in [-0.4, -0.2) is 78.7 Å². The zero-order valence-corrected chi connectivity index (χ0v) is 30.0. The lowest BCUT2D eigenvalue weighted by Crippen LogP contribution is -2.29. The van der Waals surface area contributed by atoms with Gasteiger partial charge in [-0.15, -0.1) is 0 Å². The van der Waals surface area contributed by atoms with Crippen molar-refractivity contribution in [3.05, 3.63) is 89.3 Å². The van der Waals surface area contributed by atoms with Crippen LogP contribution in [-0.2, 0) is 18.0 Å². The number of aromatic nitrogens is 8. The molecule has 6 rings (SSSR count). The number of nitrogens with one attached hydrogen (secondary N) is 1. The van der Waals surface area contributed by atoms with Crippen molar-refractivity contribution in [1.29, 1.82) is 0 Å². The molecular formula is C35H46N10O2Si. The highest BCUT2D eigenvalue weighted by Crippen LogP contribution is 2.35. The summed E-state index contributed by atoms with van der Waals surface area (Å²) >= 11 is 0. The van der Waals surface area contributed by atoms with Gasteiger partial charge in [-0.05, 0) is 70.7 Å². The van der Waals surface area contributed by atoms with Crippen molar-refractivity contribution in [1.82, 2.24) is 43.4 Å². The van der Waals surface area contributed by atoms with E-state index < -0.39 is 14.1 Å². The van der Waals surface area contributed by atoms with Crippen molar-refractivity contribution < 1.29 is 4.74 Å². The number of rotatable bonds is 14. The lowest BCUT2D eigenvalue weighted by Gasteiger charge is -2.20. The molecule has 0 saturated carbocycles. The number of fused-ring (bicyclic) bond motifs is 2. The van der Waals surface area contributed by atoms with Crippen LogP contribution < -0.4 is 10.9 Å². The van der Waals surface area contributed by atoms with E-state index in [0.717, 1.165) is 59.0 Å². The van der Waals surface area contributed by atoms with E-state index in [4.69, 9.17) is 19.8 Å². The Morgan fingerprint density at radius 2 is 1.85 bits per heavy atom. The second-order valence-electron chi connectivity index (χ2n) is 13.9. The summed E-state index contributed by atoms with van der Waals surface area (Å²) < 4.78 is 13.6. The average Bonchev–Trinajstić information content (AvgIpc) is 3.77. The minimum atomic E-state index is -1.24. The molecule has 1 unspecified atom stereocenters. The summed E-state index contributed by atoms with van der Waals surface area (Å²) in [7, 11) is 2.92. The quantitative estimate of drug-likeness (QED) is 0.114. The van der Waals surface area contributed by atoms with Crippen LogP contribution in [0.2, 0.25) is 25.7 Å². The summed E-state index contributed by atoms with van der Waals surface area (Å²) in [6, 6.07) is 12.2. The molecule has 0 saturated heterocycles. The number of aryl methyl sites for hydroxylation is 2. The monoisotopic (exact) mass is 666 g/mol. The fourth-order valence-corrected chi connectivity index (χ4v) is 6.63. The molecule has 252 valence electrons. The lowest BCUT2D eigenvalue weighted by atomic mass is 10.1. The minimum Gasteiger partial charge on any atom is -0.361 e. The smallest absolute Gasteiger partial charge is 0.282 e. The van der Waals surface area contributed by atoms with Gasteiger partial charge < -0.3 is 19.5 Å². The third-order valence-corrected chi connectivity index (χ3v) is 10.2. The maximum absolute atomic E-state index is 14.0. The molecule has 0 aliphatic heterocycles. The Labute approximate surface area is 282 Å². The van der Waals surface area contributed by atoms with Gasteiger partial charge >= 0.3 is 0 Å². The number of anilines is 1. The molecule has 12 nitrogen and oxygen atoms in total. The summed E-state index contributed by atoms with van der Waals surface area (Å²) in [5.41, 5.74) is 4.74. The van der Waals surface area contributed by atoms with Crippen molar-refractivity contribution >= 4 is 30.4 Å². The Hall–Kier alpha value is -4.59. The first kappa shape index (κ1) is 33.3. The number of nitrogens with zero attached hydrogens (tertiary/aromatic N) is 9. The molecule has 1 aromatic carbocycles. The highest BCUT2D eigenvalue weighted by Gasteiger charge is 2.23. The molecule has 0 aliphatic rings. The van der Waals surface area contributed by atoms with E-state index in [2.05, 4.69) is 61.4 Å². The second kappa shape index (κ2) is 13.9. The van der Waals surface area contributed by atoms with Crippen LogP contribution in [0.25, 0.3) is 33.4 Å². The number of ether oxygens (including phenoxy) is 1. The molecule has 0 amide bonds. The molecule has 1 N–H and O–H groups in total. The van der Waals surface area contributed by atoms with Crippen molar-refractivity contribution in [2.75, 3.05) is 32.6 Å². The first-order valence-electron chi connectivity index (χ1n) is 16.5. The predicted octanol–water partition coefficient (Wildman–Crippen LogP) is 5.84. The van der Waals surface area contributed by atoms with E-state index in [-0.39, 0.29) is 5.56 Å². The van der Waals surface area contributed by atoms with Gasteiger partial charge in [0.1, 0.15) is 30.0 Å². The van der Waals surface area contributed by atoms with E-state index in [1.54, 1.807) is 15.4 Å². The third-order valence-electron chi connectivity index (χ3n) is 8.49. The average molecular weight is 667 g/mol. The fourth-order valence-electron chi connectivity index (χ4n) is 5.87. The van der Waals surface area contributed by atoms with Crippen LogP contribution in [0.3, 0.4) is 0 Å². The zero-order valence-electron chi connectivity index (χ0n) is 29.0. The largest absolute Gasteiger partial charge is 0.361 e. The van der Waals surface area contributed by atoms with Gasteiger partial charge in [-0.25, -0.2) is 14.5 Å². The number of hydrogen-bond acceptors (Lipinski definition) is 8. The molecule has 6 aromatic rings. The van der Waals surface area contributed by atoms with Crippen LogP contribution in [0.15, 0.2) is 72.3 Å². The van der Waals surface area contributed by atoms with E-state index in [1.165, 1.54) is 0 Å². The van der Waals surface area contributed by atoms with E-state index in [1.807, 2.05) is 71.9 Å². The van der Waals surface area contributed by atoms with Crippen molar-refractivity contribution in [3.8, 4) is 16.8 Å². The normalized spacial score (nSPS) is 12.8. The Bertz CT molecular complexity index is 2070. The van der Waals surface area contributed by atoms with Gasteiger partial charge in [-0.1, -0.05) is 37.8 Å². The van der Waals surface area contributed by atoms with Gasteiger partial charge in [0, 0.05) is 50.9 Å². The molecule has 5 heterocycles. The molecule has 1 atom stereocenters. The zero-order chi connectivity index (χ0) is 34.0. The predicted molar refractivity (Wildman–Crippen MR) is 194 cm³/mol. The molecule has 0 fully saturated rings. The van der Waals surface area contributed by atoms with Crippen LogP contribution >= 0.6 is 0 Å². The molecule has 48 heavy (non-hydrogen) atoms. The fraction of sp³-hybridized carbons (Fsp3) is 0.400. The summed E-state index contributed by atoms with van der Waals surface area (Å²) in [6.07, 6.45) is 10.5. The summed E-state index contributed by atoms with van der Waals surface area (Å²) in [6.45, 7) is 13.9. The molecule has 0 bridgehead atoms. The maximum Gasteiger partial charge on any atom is 0.282 e. The van der Waals surface area contributed by atoms with Crippen molar-refractivity contribution in [3.63, 3.8) is 0 Å². The Balaban J connectivity index is 1.41. The topological polar surface area (TPSA) is 112 Å². The highest BCUT2D eigenvalue weighted by atomic mass is 28.3. The molecule has 5 aromatic heterocycles. The van der Waals surface area contributed by atoms with E-state index in [9.17, 15) is 4.79 Å². The van der Waals surface area contributed by atoms with Gasteiger partial charge in [0.15, 0.2) is 5.82 Å². The van der Waals surface area contributed by atoms with E-state index >= 15 is 0 Å². The molecular weight excluding hydrogens is 621 g/mol. The number of para-hydroxylation sites is 1. The summed E-state index contributed by atoms with van der Waals surface area (Å²) in [5, 5.41) is 14.1. The van der Waals surface area contributed by atoms with Gasteiger partial charge in [0.25, 0.3) is 5.56 Å². The summed E-state index contributed by atoms with van der Waals surface area (Å²) in [4.78, 5) is 25.6. The maximum atomic E-state index is 14.0. The number of hydrogen-bond donors (Lipinski definition) is 1. The van der Waals surface area contributed by atoms with Gasteiger partial charge in [0.05, 0.1) is 23.3 Å². The van der Waals surface area contributed by atoms with Crippen LogP contribution in [0, 0.1) is 6.92 Å². The van der Waals surface area contributed by atoms with Crippen molar-refractivity contribution in [2.45, 2.75) is 65.3 Å². The standard InChI is InChI=1S/C35H46N10O2Si/c1-25-14-17-44-31(25)35(46)45(28-12-9-8-10-13-28)33(40-44)26(2)39-32-30-29(27-20-38-43(21-27)16-11-15-41(3)4)22-42(34(30)37-23-36-32)24-47-18-19-48(5,6)7/h8-10,12-14,17,20-23,26H,11,15-16,18-19,24H2,1-7H3,(H,36,37,39). The first-order chi connectivity index (χ1) is 23.0. The Morgan fingerprint density at radius 3 is 2.60 bits per heavy atom. The van der Waals surface area contributed by atoms with Crippen LogP contribution in [0.4, 0.5) is 5.82 Å². The molecule has 0 radical (unpaired) electrons. The third kappa shape index (κ3) is 7.13. The Kier molecular flexibility index (Phi) is 9.62. The van der Waals surface area contributed by atoms with Crippen LogP contribution in [0.5, 0.6) is 0 Å². The number of benzene rings is 1. The highest BCUT2D eigenvalue weighted by molar-refractivity contribution is 6.76. The van der Waals surface area contributed by atoms with Crippen molar-refractivity contribution in [2.24, 2.45) is 0 Å².